The summed E-state index contributed by atoms with van der Waals surface area (Å²) in [7, 11) is 8.77. The van der Waals surface area contributed by atoms with Crippen molar-refractivity contribution in [1.29, 1.82) is 0 Å². The molecule has 9 nitrogen and oxygen atoms in total. The first-order valence-electron chi connectivity index (χ1n) is 14.0. The summed E-state index contributed by atoms with van der Waals surface area (Å²) in [5.74, 6) is 2.15. The molecule has 0 unspecified atom stereocenters. The molecule has 3 rings (SSSR count). The van der Waals surface area contributed by atoms with E-state index in [-0.39, 0.29) is 36.0 Å². The second kappa shape index (κ2) is 17.2. The number of likely N-dealkylation sites (N-methyl/N-ethyl adjacent to an activating group) is 1. The molecule has 0 saturated carbocycles. The van der Waals surface area contributed by atoms with Crippen LogP contribution in [0.5, 0.6) is 23.0 Å². The van der Waals surface area contributed by atoms with E-state index in [4.69, 9.17) is 28.4 Å². The van der Waals surface area contributed by atoms with Gasteiger partial charge in [0.25, 0.3) is 0 Å². The zero-order valence-electron chi connectivity index (χ0n) is 25.4. The maximum atomic E-state index is 12.7. The highest BCUT2D eigenvalue weighted by Gasteiger charge is 2.40. The summed E-state index contributed by atoms with van der Waals surface area (Å²) in [5.41, 5.74) is 3.53. The molecular formula is C32H44INO8. The first-order valence-corrected chi connectivity index (χ1v) is 14.0. The number of carbonyl (C=O) groups is 2. The number of hydrogen-bond acceptors (Lipinski definition) is 8. The standard InChI is InChI=1S/C32H44NO8.HI/c1-7-31(34)40-17-9-8-10-18-41-32(35)14-16-33(2)15-13-24-21-29(38-5)30(39-6)22-25(24)26(33)19-23-11-12-27(36-3)28(20-23)37-4;/h7,11-12,20-22,26H,1,8-10,13-19H2,2-6H3;1H/q+1;/p-1/t26-,33-;/m1./s1. The number of ether oxygens (including phenoxy) is 6. The molecule has 1 aliphatic heterocycles. The van der Waals surface area contributed by atoms with Gasteiger partial charge in [0.1, 0.15) is 6.04 Å². The number of rotatable bonds is 16. The normalized spacial score (nSPS) is 17.2. The Labute approximate surface area is 266 Å². The summed E-state index contributed by atoms with van der Waals surface area (Å²) in [6, 6.07) is 10.2. The van der Waals surface area contributed by atoms with Crippen molar-refractivity contribution in [3.63, 3.8) is 0 Å². The monoisotopic (exact) mass is 697 g/mol. The van der Waals surface area contributed by atoms with E-state index in [1.165, 1.54) is 11.1 Å². The number of benzene rings is 2. The highest BCUT2D eigenvalue weighted by molar-refractivity contribution is 5.81. The lowest BCUT2D eigenvalue weighted by Crippen LogP contribution is -3.00. The van der Waals surface area contributed by atoms with E-state index in [9.17, 15) is 9.59 Å². The third kappa shape index (κ3) is 9.26. The van der Waals surface area contributed by atoms with E-state index < -0.39 is 5.97 Å². The number of nitrogens with zero attached hydrogens (tertiary/aromatic N) is 1. The number of unbranched alkanes of at least 4 members (excludes halogenated alkanes) is 2. The molecular weight excluding hydrogens is 653 g/mol. The van der Waals surface area contributed by atoms with Gasteiger partial charge in [0.15, 0.2) is 23.0 Å². The van der Waals surface area contributed by atoms with E-state index >= 15 is 0 Å². The fourth-order valence-corrected chi connectivity index (χ4v) is 5.38. The van der Waals surface area contributed by atoms with Crippen LogP contribution >= 0.6 is 0 Å². The molecule has 0 amide bonds. The number of fused-ring (bicyclic) bond motifs is 1. The van der Waals surface area contributed by atoms with Gasteiger partial charge < -0.3 is 56.9 Å². The van der Waals surface area contributed by atoms with Crippen LogP contribution in [0, 0.1) is 0 Å². The van der Waals surface area contributed by atoms with Gasteiger partial charge in [0.2, 0.25) is 0 Å². The largest absolute Gasteiger partial charge is 1.00 e. The van der Waals surface area contributed by atoms with Crippen molar-refractivity contribution >= 4 is 11.9 Å². The van der Waals surface area contributed by atoms with E-state index in [1.807, 2.05) is 12.1 Å². The van der Waals surface area contributed by atoms with Crippen LogP contribution in [-0.2, 0) is 31.9 Å². The minimum Gasteiger partial charge on any atom is -1.00 e. The minimum atomic E-state index is -0.421. The Morgan fingerprint density at radius 1 is 0.881 bits per heavy atom. The zero-order valence-corrected chi connectivity index (χ0v) is 27.6. The highest BCUT2D eigenvalue weighted by Crippen LogP contribution is 2.43. The van der Waals surface area contributed by atoms with Crippen LogP contribution in [0.3, 0.4) is 0 Å². The quantitative estimate of drug-likeness (QED) is 0.0865. The summed E-state index contributed by atoms with van der Waals surface area (Å²) >= 11 is 0. The fraction of sp³-hybridized carbons (Fsp3) is 0.500. The van der Waals surface area contributed by atoms with Crippen molar-refractivity contribution in [2.24, 2.45) is 0 Å². The Morgan fingerprint density at radius 2 is 1.50 bits per heavy atom. The number of quaternary nitrogens is 1. The molecule has 2 aromatic rings. The first kappa shape index (κ1) is 35.2. The van der Waals surface area contributed by atoms with E-state index in [1.54, 1.807) is 28.4 Å². The second-order valence-electron chi connectivity index (χ2n) is 10.4. The summed E-state index contributed by atoms with van der Waals surface area (Å²) in [6.07, 6.45) is 5.32. The number of esters is 2. The van der Waals surface area contributed by atoms with Gasteiger partial charge in [-0.25, -0.2) is 4.79 Å². The molecule has 1 heterocycles. The van der Waals surface area contributed by atoms with Gasteiger partial charge in [-0.3, -0.25) is 4.79 Å². The van der Waals surface area contributed by atoms with Crippen molar-refractivity contribution in [3.05, 3.63) is 59.7 Å². The molecule has 0 spiro atoms. The van der Waals surface area contributed by atoms with Gasteiger partial charge >= 0.3 is 11.9 Å². The number of hydrogen-bond donors (Lipinski definition) is 0. The Bertz CT molecular complexity index is 1200. The van der Waals surface area contributed by atoms with E-state index in [0.717, 1.165) is 56.0 Å². The fourth-order valence-electron chi connectivity index (χ4n) is 5.38. The molecule has 1 aliphatic rings. The Balaban J connectivity index is 0.00000616. The molecule has 0 saturated heterocycles. The van der Waals surface area contributed by atoms with Gasteiger partial charge in [0, 0.05) is 24.5 Å². The molecule has 0 bridgehead atoms. The topological polar surface area (TPSA) is 89.5 Å². The van der Waals surface area contributed by atoms with E-state index in [0.29, 0.717) is 47.9 Å². The highest BCUT2D eigenvalue weighted by atomic mass is 127. The lowest BCUT2D eigenvalue weighted by Gasteiger charge is -2.46. The minimum absolute atomic E-state index is 0. The molecule has 2 aromatic carbocycles. The number of carbonyl (C=O) groups excluding carboxylic acids is 2. The maximum absolute atomic E-state index is 12.7. The molecule has 0 aromatic heterocycles. The van der Waals surface area contributed by atoms with Gasteiger partial charge in [-0.1, -0.05) is 12.6 Å². The Kier molecular flexibility index (Phi) is 14.4. The van der Waals surface area contributed by atoms with Crippen molar-refractivity contribution in [3.8, 4) is 23.0 Å². The van der Waals surface area contributed by atoms with Gasteiger partial charge in [-0.15, -0.1) is 0 Å². The van der Waals surface area contributed by atoms with Crippen molar-refractivity contribution in [2.75, 3.05) is 61.8 Å². The summed E-state index contributed by atoms with van der Waals surface area (Å²) < 4.78 is 33.4. The third-order valence-corrected chi connectivity index (χ3v) is 7.82. The van der Waals surface area contributed by atoms with Crippen LogP contribution in [-0.4, -0.2) is 78.2 Å². The van der Waals surface area contributed by atoms with Crippen LogP contribution in [0.25, 0.3) is 0 Å². The van der Waals surface area contributed by atoms with Crippen molar-refractivity contribution in [1.82, 2.24) is 0 Å². The van der Waals surface area contributed by atoms with Crippen LogP contribution in [0.15, 0.2) is 43.0 Å². The molecule has 0 aliphatic carbocycles. The average molecular weight is 698 g/mol. The Morgan fingerprint density at radius 3 is 2.14 bits per heavy atom. The maximum Gasteiger partial charge on any atom is 0.330 e. The lowest BCUT2D eigenvalue weighted by atomic mass is 9.86. The zero-order chi connectivity index (χ0) is 29.8. The molecule has 2 atom stereocenters. The van der Waals surface area contributed by atoms with Gasteiger partial charge in [-0.05, 0) is 54.7 Å². The summed E-state index contributed by atoms with van der Waals surface area (Å²) in [4.78, 5) is 23.8. The van der Waals surface area contributed by atoms with Crippen molar-refractivity contribution in [2.45, 2.75) is 44.6 Å². The van der Waals surface area contributed by atoms with Crippen LogP contribution in [0.2, 0.25) is 0 Å². The van der Waals surface area contributed by atoms with Crippen LogP contribution < -0.4 is 42.9 Å². The predicted molar refractivity (Wildman–Crippen MR) is 156 cm³/mol. The van der Waals surface area contributed by atoms with Crippen molar-refractivity contribution < 1.29 is 66.5 Å². The third-order valence-electron chi connectivity index (χ3n) is 7.82. The number of methoxy groups -OCH3 is 4. The molecule has 0 radical (unpaired) electrons. The SMILES string of the molecule is C=CC(=O)OCCCCCOC(=O)CC[N@@+]1(C)CCc2cc(OC)c(OC)cc2[C@H]1Cc1ccc(OC)c(OC)c1.[I-]. The van der Waals surface area contributed by atoms with E-state index in [2.05, 4.69) is 31.8 Å². The van der Waals surface area contributed by atoms with Crippen LogP contribution in [0.1, 0.15) is 48.4 Å². The van der Waals surface area contributed by atoms with Gasteiger partial charge in [0.05, 0.1) is 68.2 Å². The predicted octanol–water partition coefficient (Wildman–Crippen LogP) is 1.84. The first-order chi connectivity index (χ1) is 19.8. The molecule has 0 N–H and O–H groups in total. The molecule has 0 fully saturated rings. The summed E-state index contributed by atoms with van der Waals surface area (Å²) in [6.45, 7) is 5.58. The van der Waals surface area contributed by atoms with Crippen LogP contribution in [0.4, 0.5) is 0 Å². The molecule has 232 valence electrons. The molecule has 42 heavy (non-hydrogen) atoms. The van der Waals surface area contributed by atoms with Gasteiger partial charge in [-0.2, -0.15) is 0 Å². The smallest absolute Gasteiger partial charge is 0.330 e. The second-order valence-corrected chi connectivity index (χ2v) is 10.4. The number of halogens is 1. The Hall–Kier alpha value is -2.99. The lowest BCUT2D eigenvalue weighted by molar-refractivity contribution is -0.940. The molecule has 10 heteroatoms. The average Bonchev–Trinajstić information content (AvgIpc) is 3.00. The summed E-state index contributed by atoms with van der Waals surface area (Å²) in [5, 5.41) is 0.